The molecule has 12 heteroatoms. The van der Waals surface area contributed by atoms with Gasteiger partial charge in [-0.3, -0.25) is 24.4 Å². The first-order chi connectivity index (χ1) is 43.2. The molecule has 0 spiro atoms. The van der Waals surface area contributed by atoms with Crippen LogP contribution in [0, 0.1) is 0 Å². The van der Waals surface area contributed by atoms with Crippen LogP contribution in [-0.4, -0.2) is 167 Å². The second-order valence-corrected chi connectivity index (χ2v) is 29.1. The number of esters is 1. The molecule has 1 fully saturated rings. The minimum absolute atomic E-state index is 0.119. The summed E-state index contributed by atoms with van der Waals surface area (Å²) in [6, 6.07) is 0. The maximum absolute atomic E-state index is 12.8. The van der Waals surface area contributed by atoms with Crippen molar-refractivity contribution in [3.05, 3.63) is 48.6 Å². The Morgan fingerprint density at radius 3 is 1.10 bits per heavy atom. The molecule has 10 nitrogen and oxygen atoms in total. The number of allylic oxidation sites excluding steroid dienone is 8. The van der Waals surface area contributed by atoms with E-state index < -0.39 is 0 Å². The highest BCUT2D eigenvalue weighted by Crippen LogP contribution is 2.23. The van der Waals surface area contributed by atoms with E-state index in [0.29, 0.717) is 39.2 Å². The highest BCUT2D eigenvalue weighted by atomic mass is 33.1. The van der Waals surface area contributed by atoms with Crippen LogP contribution in [0.15, 0.2) is 48.6 Å². The molecule has 4 N–H and O–H groups in total. The fourth-order valence-corrected chi connectivity index (χ4v) is 14.1. The molecule has 1 heterocycles. The number of carbonyl (C=O) groups is 1. The molecule has 1 rings (SSSR count). The van der Waals surface area contributed by atoms with Gasteiger partial charge in [0.25, 0.3) is 0 Å². The van der Waals surface area contributed by atoms with Crippen molar-refractivity contribution in [3.8, 4) is 0 Å². The first kappa shape index (κ1) is 84.8. The molecule has 1 aliphatic heterocycles. The third-order valence-electron chi connectivity index (χ3n) is 17.7. The Kier molecular flexibility index (Phi) is 64.8. The van der Waals surface area contributed by atoms with Crippen LogP contribution in [0.5, 0.6) is 0 Å². The van der Waals surface area contributed by atoms with Crippen molar-refractivity contribution in [1.82, 2.24) is 19.6 Å². The van der Waals surface area contributed by atoms with Crippen molar-refractivity contribution in [2.24, 2.45) is 0 Å². The van der Waals surface area contributed by atoms with E-state index in [1.807, 2.05) is 21.6 Å². The number of aliphatic hydroxyl groups is 4. The number of carbonyl (C=O) groups excluding carboxylic acids is 1. The fraction of sp³-hybridized carbons (Fsp3) is 0.882. The molecular weight excluding hydrogens is 1130 g/mol. The number of hydrogen-bond donors (Lipinski definition) is 4. The van der Waals surface area contributed by atoms with E-state index in [1.165, 1.54) is 180 Å². The minimum atomic E-state index is -0.379. The van der Waals surface area contributed by atoms with Gasteiger partial charge >= 0.3 is 5.97 Å². The Balaban J connectivity index is 2.41. The zero-order valence-corrected chi connectivity index (χ0v) is 60.0. The first-order valence-corrected chi connectivity index (χ1v) is 40.3. The molecule has 4 atom stereocenters. The van der Waals surface area contributed by atoms with E-state index >= 15 is 0 Å². The highest BCUT2D eigenvalue weighted by molar-refractivity contribution is 8.76. The number of rotatable bonds is 68. The topological polar surface area (TPSA) is 120 Å². The zero-order valence-electron chi connectivity index (χ0n) is 58.4. The number of nitrogens with zero attached hydrogens (tertiary/aromatic N) is 4. The van der Waals surface area contributed by atoms with E-state index in [2.05, 4.69) is 95.9 Å². The number of aliphatic hydroxyl groups excluding tert-OH is 4. The molecule has 88 heavy (non-hydrogen) atoms. The smallest absolute Gasteiger partial charge is 0.305 e. The molecule has 0 aliphatic carbocycles. The maximum Gasteiger partial charge on any atom is 0.305 e. The van der Waals surface area contributed by atoms with Gasteiger partial charge in [0.2, 0.25) is 0 Å². The van der Waals surface area contributed by atoms with Crippen LogP contribution in [-0.2, 0) is 9.53 Å². The van der Waals surface area contributed by atoms with Gasteiger partial charge in [-0.1, -0.05) is 265 Å². The van der Waals surface area contributed by atoms with Gasteiger partial charge in [0.05, 0.1) is 24.4 Å². The fourth-order valence-electron chi connectivity index (χ4n) is 12.0. The summed E-state index contributed by atoms with van der Waals surface area (Å²) in [5, 5.41) is 44.4. The third-order valence-corrected chi connectivity index (χ3v) is 20.1. The van der Waals surface area contributed by atoms with Crippen LogP contribution in [0.25, 0.3) is 0 Å². The standard InChI is InChI=1S/C76H146N4O6S2/c1-5-9-13-17-21-25-27-29-31-33-35-39-43-47-54-74(83)70-80(71-75(84)55-48-44-40-36-34-32-30-28-26-22-18-14-10-6-2)58-51-66-87-88-67-64-78-61-59-77(60-62-78)63-65-86-76(85)56-49-50-57-79(68-72(81)52-45-41-37-23-19-15-11-7-3)69-73(82)53-46-42-38-24-20-16-12-8-4/h21-22,25-26,29-32,72-75,81-84H,5-20,23-24,27-28,33-71H2,1-4H3/b25-21-,26-22-,31-29-,32-30-/t72?,73?,74-,75-/m0/s1. The Morgan fingerprint density at radius 1 is 0.386 bits per heavy atom. The second-order valence-electron chi connectivity index (χ2n) is 26.4. The van der Waals surface area contributed by atoms with Gasteiger partial charge in [-0.05, 0) is 122 Å². The zero-order chi connectivity index (χ0) is 63.7. The van der Waals surface area contributed by atoms with Gasteiger partial charge in [-0.2, -0.15) is 0 Å². The highest BCUT2D eigenvalue weighted by Gasteiger charge is 2.20. The SMILES string of the molecule is CCCCC/C=C\C/C=C\CCCCCC[C@H](O)CN(CCCSSCCN1CCN(CCOC(=O)CCCCN(CC(O)CCCCCCCCCC)CC(O)CCCCCCCCCC)CC1)C[C@@H](O)CCCCCC/C=C\C/C=C\CCCCC. The molecule has 0 aromatic heterocycles. The summed E-state index contributed by atoms with van der Waals surface area (Å²) in [6.45, 7) is 19.6. The molecule has 0 saturated carbocycles. The third kappa shape index (κ3) is 59.8. The molecule has 2 unspecified atom stereocenters. The van der Waals surface area contributed by atoms with Crippen LogP contribution in [0.1, 0.15) is 310 Å². The van der Waals surface area contributed by atoms with Crippen LogP contribution in [0.2, 0.25) is 0 Å². The monoisotopic (exact) mass is 1280 g/mol. The second kappa shape index (κ2) is 67.2. The number of piperazine rings is 1. The number of unbranched alkanes of at least 4 members (excludes halogenated alkanes) is 29. The van der Waals surface area contributed by atoms with Gasteiger partial charge in [0.15, 0.2) is 0 Å². The molecule has 0 bridgehead atoms. The molecule has 0 amide bonds. The lowest BCUT2D eigenvalue weighted by Gasteiger charge is -2.34. The molecule has 518 valence electrons. The van der Waals surface area contributed by atoms with Gasteiger partial charge in [0, 0.05) is 83.4 Å². The molecule has 1 aliphatic rings. The van der Waals surface area contributed by atoms with Crippen LogP contribution < -0.4 is 0 Å². The predicted octanol–water partition coefficient (Wildman–Crippen LogP) is 19.0. The first-order valence-electron chi connectivity index (χ1n) is 37.8. The largest absolute Gasteiger partial charge is 0.464 e. The average Bonchev–Trinajstić information content (AvgIpc) is 3.71. The van der Waals surface area contributed by atoms with E-state index in [0.717, 1.165) is 160 Å². The normalized spacial score (nSPS) is 15.2. The summed E-state index contributed by atoms with van der Waals surface area (Å²) in [7, 11) is 3.94. The van der Waals surface area contributed by atoms with Gasteiger partial charge in [-0.25, -0.2) is 0 Å². The van der Waals surface area contributed by atoms with Crippen molar-refractivity contribution >= 4 is 27.6 Å². The lowest BCUT2D eigenvalue weighted by Crippen LogP contribution is -2.47. The maximum atomic E-state index is 12.8. The Bertz CT molecular complexity index is 1480. The Hall–Kier alpha value is -1.19. The Labute approximate surface area is 553 Å². The number of ether oxygens (including phenoxy) is 1. The van der Waals surface area contributed by atoms with Crippen molar-refractivity contribution in [1.29, 1.82) is 0 Å². The summed E-state index contributed by atoms with van der Waals surface area (Å²) in [5.74, 6) is 2.05. The molecule has 0 aromatic carbocycles. The van der Waals surface area contributed by atoms with E-state index in [-0.39, 0.29) is 30.4 Å². The molecule has 1 saturated heterocycles. The quantitative estimate of drug-likeness (QED) is 0.0201. The summed E-state index contributed by atoms with van der Waals surface area (Å²) in [6.07, 6.45) is 67.6. The average molecular weight is 1280 g/mol. The lowest BCUT2D eigenvalue weighted by molar-refractivity contribution is -0.144. The Morgan fingerprint density at radius 2 is 0.705 bits per heavy atom. The molecule has 0 radical (unpaired) electrons. The number of hydrogen-bond acceptors (Lipinski definition) is 12. The summed E-state index contributed by atoms with van der Waals surface area (Å²) in [5.41, 5.74) is 0. The molecule has 0 aromatic rings. The van der Waals surface area contributed by atoms with Crippen molar-refractivity contribution in [2.45, 2.75) is 335 Å². The van der Waals surface area contributed by atoms with E-state index in [4.69, 9.17) is 4.74 Å². The van der Waals surface area contributed by atoms with Gasteiger partial charge in [-0.15, -0.1) is 0 Å². The predicted molar refractivity (Wildman–Crippen MR) is 388 cm³/mol. The van der Waals surface area contributed by atoms with Crippen LogP contribution in [0.4, 0.5) is 0 Å². The van der Waals surface area contributed by atoms with Crippen molar-refractivity contribution in [2.75, 3.05) is 96.6 Å². The van der Waals surface area contributed by atoms with Crippen LogP contribution in [0.3, 0.4) is 0 Å². The van der Waals surface area contributed by atoms with Gasteiger partial charge in [0.1, 0.15) is 6.61 Å². The summed E-state index contributed by atoms with van der Waals surface area (Å²) in [4.78, 5) is 22.4. The lowest BCUT2D eigenvalue weighted by atomic mass is 10.0. The summed E-state index contributed by atoms with van der Waals surface area (Å²) < 4.78 is 5.73. The minimum Gasteiger partial charge on any atom is -0.464 e. The van der Waals surface area contributed by atoms with E-state index in [9.17, 15) is 25.2 Å². The molecular formula is C76H146N4O6S2. The van der Waals surface area contributed by atoms with Gasteiger partial charge < -0.3 is 25.2 Å². The van der Waals surface area contributed by atoms with Crippen molar-refractivity contribution < 1.29 is 30.0 Å². The van der Waals surface area contributed by atoms with Crippen molar-refractivity contribution in [3.63, 3.8) is 0 Å². The summed E-state index contributed by atoms with van der Waals surface area (Å²) >= 11 is 0. The van der Waals surface area contributed by atoms with Crippen LogP contribution >= 0.6 is 21.6 Å². The van der Waals surface area contributed by atoms with E-state index in [1.54, 1.807) is 0 Å².